The van der Waals surface area contributed by atoms with Crippen LogP contribution in [0.4, 0.5) is 11.1 Å². The third-order valence-corrected chi connectivity index (χ3v) is 9.89. The Kier molecular flexibility index (Phi) is 8.44. The molecule has 6 aromatic rings. The topological polar surface area (TPSA) is 139 Å². The second-order valence-corrected chi connectivity index (χ2v) is 13.3. The van der Waals surface area contributed by atoms with E-state index < -0.39 is 0 Å². The molecule has 248 valence electrons. The van der Waals surface area contributed by atoms with E-state index in [1.807, 2.05) is 28.5 Å². The fourth-order valence-corrected chi connectivity index (χ4v) is 7.00. The largest absolute Gasteiger partial charge is 0.356 e. The summed E-state index contributed by atoms with van der Waals surface area (Å²) in [5.74, 6) is 0.798. The summed E-state index contributed by atoms with van der Waals surface area (Å²) in [6, 6.07) is 20.3. The van der Waals surface area contributed by atoms with Crippen molar-refractivity contribution in [2.75, 3.05) is 36.4 Å². The van der Waals surface area contributed by atoms with Crippen LogP contribution in [0.2, 0.25) is 0 Å². The SMILES string of the molecule is O=C(NC1CC(C(=O)N2CCN(c3nc4ccccc4n3Cc3ccccc3)CC2)C1)c1cncc(-n2cc(CNc3nccs3)nn2)c1. The molecule has 1 saturated carbocycles. The molecule has 13 nitrogen and oxygen atoms in total. The normalized spacial score (nSPS) is 17.6. The van der Waals surface area contributed by atoms with Crippen LogP contribution in [0.15, 0.2) is 90.8 Å². The Hall–Kier alpha value is -5.63. The Bertz CT molecular complexity index is 2060. The summed E-state index contributed by atoms with van der Waals surface area (Å²) in [6.07, 6.45) is 7.97. The molecule has 14 heteroatoms. The van der Waals surface area contributed by atoms with Gasteiger partial charge in [0.1, 0.15) is 5.69 Å². The molecule has 2 amide bonds. The molecule has 0 radical (unpaired) electrons. The Labute approximate surface area is 286 Å². The summed E-state index contributed by atoms with van der Waals surface area (Å²) in [7, 11) is 0. The minimum absolute atomic E-state index is 0.0563. The predicted octanol–water partition coefficient (Wildman–Crippen LogP) is 3.99. The average molecular weight is 674 g/mol. The third-order valence-electron chi connectivity index (χ3n) is 9.16. The number of benzene rings is 2. The lowest BCUT2D eigenvalue weighted by atomic mass is 9.79. The lowest BCUT2D eigenvalue weighted by Gasteiger charge is -2.41. The number of para-hydroxylation sites is 2. The van der Waals surface area contributed by atoms with E-state index in [9.17, 15) is 9.59 Å². The van der Waals surface area contributed by atoms with Crippen LogP contribution in [0.3, 0.4) is 0 Å². The Morgan fingerprint density at radius 2 is 1.78 bits per heavy atom. The molecule has 2 aliphatic rings. The number of rotatable bonds is 10. The summed E-state index contributed by atoms with van der Waals surface area (Å²) < 4.78 is 3.87. The zero-order valence-electron chi connectivity index (χ0n) is 26.7. The van der Waals surface area contributed by atoms with Crippen molar-refractivity contribution in [2.45, 2.75) is 32.0 Å². The molecule has 4 aromatic heterocycles. The molecular formula is C35H35N11O2S. The number of carbonyl (C=O) groups excluding carboxylic acids is 2. The summed E-state index contributed by atoms with van der Waals surface area (Å²) >= 11 is 1.51. The molecule has 0 unspecified atom stereocenters. The first-order valence-electron chi connectivity index (χ1n) is 16.4. The van der Waals surface area contributed by atoms with E-state index >= 15 is 0 Å². The number of amides is 2. The highest BCUT2D eigenvalue weighted by atomic mass is 32.1. The zero-order chi connectivity index (χ0) is 33.2. The van der Waals surface area contributed by atoms with Gasteiger partial charge in [-0.2, -0.15) is 0 Å². The number of pyridine rings is 1. The van der Waals surface area contributed by atoms with E-state index in [-0.39, 0.29) is 23.8 Å². The van der Waals surface area contributed by atoms with Crippen LogP contribution >= 0.6 is 11.3 Å². The van der Waals surface area contributed by atoms with E-state index in [1.54, 1.807) is 29.3 Å². The maximum Gasteiger partial charge on any atom is 0.253 e. The molecule has 8 rings (SSSR count). The Morgan fingerprint density at radius 1 is 0.959 bits per heavy atom. The number of piperazine rings is 1. The fourth-order valence-electron chi connectivity index (χ4n) is 6.48. The standard InChI is InChI=1S/C35H35N11O2S/c47-32(26-18-29(21-36-19-26)46-23-28(41-42-46)20-38-34-37-10-15-49-34)39-27-16-25(17-27)33(48)43-11-13-44(14-12-43)35-40-30-8-4-5-9-31(30)45(35)22-24-6-2-1-3-7-24/h1-10,15,18-19,21,23,25,27H,11-14,16-17,20,22H2,(H,37,38)(H,39,47). The van der Waals surface area contributed by atoms with Gasteiger partial charge in [0.05, 0.1) is 47.8 Å². The first-order chi connectivity index (χ1) is 24.1. The molecule has 1 aliphatic carbocycles. The Morgan fingerprint density at radius 3 is 2.59 bits per heavy atom. The van der Waals surface area contributed by atoms with Gasteiger partial charge in [-0.05, 0) is 36.6 Å². The van der Waals surface area contributed by atoms with Crippen LogP contribution in [0.1, 0.15) is 34.5 Å². The van der Waals surface area contributed by atoms with Crippen molar-refractivity contribution in [3.63, 3.8) is 0 Å². The molecule has 2 fully saturated rings. The van der Waals surface area contributed by atoms with E-state index in [0.29, 0.717) is 43.7 Å². The molecule has 5 heterocycles. The van der Waals surface area contributed by atoms with Gasteiger partial charge in [0, 0.05) is 55.9 Å². The van der Waals surface area contributed by atoms with Gasteiger partial charge in [0.25, 0.3) is 5.91 Å². The minimum atomic E-state index is -0.219. The molecule has 1 saturated heterocycles. The van der Waals surface area contributed by atoms with Gasteiger partial charge in [0.15, 0.2) is 5.13 Å². The highest BCUT2D eigenvalue weighted by Gasteiger charge is 2.38. The van der Waals surface area contributed by atoms with Crippen LogP contribution in [-0.4, -0.2) is 83.4 Å². The molecule has 0 atom stereocenters. The lowest BCUT2D eigenvalue weighted by molar-refractivity contribution is -0.139. The van der Waals surface area contributed by atoms with Gasteiger partial charge in [-0.25, -0.2) is 14.6 Å². The highest BCUT2D eigenvalue weighted by Crippen LogP contribution is 2.31. The summed E-state index contributed by atoms with van der Waals surface area (Å²) in [5.41, 5.74) is 5.10. The average Bonchev–Trinajstić information content (AvgIpc) is 3.90. The zero-order valence-corrected chi connectivity index (χ0v) is 27.5. The summed E-state index contributed by atoms with van der Waals surface area (Å²) in [5, 5.41) is 17.4. The third kappa shape index (κ3) is 6.59. The molecule has 49 heavy (non-hydrogen) atoms. The van der Waals surface area contributed by atoms with Gasteiger partial charge in [-0.15, -0.1) is 16.4 Å². The highest BCUT2D eigenvalue weighted by molar-refractivity contribution is 7.13. The maximum absolute atomic E-state index is 13.4. The number of thiazole rings is 1. The van der Waals surface area contributed by atoms with Crippen molar-refractivity contribution in [3.8, 4) is 5.69 Å². The molecule has 2 aromatic carbocycles. The van der Waals surface area contributed by atoms with Gasteiger partial charge in [0.2, 0.25) is 11.9 Å². The minimum Gasteiger partial charge on any atom is -0.356 e. The van der Waals surface area contributed by atoms with Gasteiger partial charge >= 0.3 is 0 Å². The van der Waals surface area contributed by atoms with Crippen LogP contribution in [0, 0.1) is 5.92 Å². The number of hydrogen-bond acceptors (Lipinski definition) is 10. The van der Waals surface area contributed by atoms with Crippen molar-refractivity contribution < 1.29 is 9.59 Å². The number of nitrogens with zero attached hydrogens (tertiary/aromatic N) is 9. The van der Waals surface area contributed by atoms with Crippen LogP contribution < -0.4 is 15.5 Å². The van der Waals surface area contributed by atoms with Crippen LogP contribution in [0.5, 0.6) is 0 Å². The second kappa shape index (κ2) is 13.5. The quantitative estimate of drug-likeness (QED) is 0.221. The molecule has 1 aliphatic heterocycles. The monoisotopic (exact) mass is 673 g/mol. The summed E-state index contributed by atoms with van der Waals surface area (Å²) in [4.78, 5) is 44.3. The number of aromatic nitrogens is 7. The second-order valence-electron chi connectivity index (χ2n) is 12.4. The smallest absolute Gasteiger partial charge is 0.253 e. The number of carbonyl (C=O) groups is 2. The number of fused-ring (bicyclic) bond motifs is 1. The molecule has 0 bridgehead atoms. The number of nitrogens with one attached hydrogen (secondary N) is 2. The van der Waals surface area contributed by atoms with Gasteiger partial charge < -0.3 is 25.0 Å². The van der Waals surface area contributed by atoms with E-state index in [2.05, 4.69) is 76.8 Å². The van der Waals surface area contributed by atoms with Crippen molar-refractivity contribution in [1.82, 2.24) is 44.7 Å². The van der Waals surface area contributed by atoms with Crippen LogP contribution in [-0.2, 0) is 17.9 Å². The first kappa shape index (κ1) is 30.7. The van der Waals surface area contributed by atoms with E-state index in [4.69, 9.17) is 4.98 Å². The maximum atomic E-state index is 13.4. The number of anilines is 2. The lowest BCUT2D eigenvalue weighted by Crippen LogP contribution is -2.55. The van der Waals surface area contributed by atoms with E-state index in [1.165, 1.54) is 23.1 Å². The van der Waals surface area contributed by atoms with Gasteiger partial charge in [-0.3, -0.25) is 14.6 Å². The van der Waals surface area contributed by atoms with Crippen molar-refractivity contribution in [2.24, 2.45) is 5.92 Å². The predicted molar refractivity (Wildman–Crippen MR) is 187 cm³/mol. The van der Waals surface area contributed by atoms with Crippen molar-refractivity contribution in [3.05, 3.63) is 108 Å². The van der Waals surface area contributed by atoms with Crippen molar-refractivity contribution in [1.29, 1.82) is 0 Å². The van der Waals surface area contributed by atoms with Crippen molar-refractivity contribution >= 4 is 45.3 Å². The summed E-state index contributed by atoms with van der Waals surface area (Å²) in [6.45, 7) is 3.94. The molecule has 2 N–H and O–H groups in total. The number of hydrogen-bond donors (Lipinski definition) is 2. The fraction of sp³-hybridized carbons (Fsp3) is 0.286. The van der Waals surface area contributed by atoms with Gasteiger partial charge in [-0.1, -0.05) is 47.7 Å². The molecule has 0 spiro atoms. The molecular weight excluding hydrogens is 639 g/mol. The van der Waals surface area contributed by atoms with Crippen LogP contribution in [0.25, 0.3) is 16.7 Å². The Balaban J connectivity index is 0.835. The number of imidazole rings is 1. The first-order valence-corrected chi connectivity index (χ1v) is 17.3. The van der Waals surface area contributed by atoms with E-state index in [0.717, 1.165) is 47.4 Å².